The Hall–Kier alpha value is -2.90. The van der Waals surface area contributed by atoms with Gasteiger partial charge in [0.15, 0.2) is 5.69 Å². The number of aryl methyl sites for hydroxylation is 1. The van der Waals surface area contributed by atoms with Gasteiger partial charge < -0.3 is 18.1 Å². The molecule has 0 bridgehead atoms. The van der Waals surface area contributed by atoms with Crippen molar-refractivity contribution in [2.45, 2.75) is 6.92 Å². The van der Waals surface area contributed by atoms with Gasteiger partial charge >= 0.3 is 0 Å². The summed E-state index contributed by atoms with van der Waals surface area (Å²) < 4.78 is 2.19. The van der Waals surface area contributed by atoms with Crippen molar-refractivity contribution in [1.82, 2.24) is 14.3 Å². The highest BCUT2D eigenvalue weighted by Crippen LogP contribution is 2.21. The molecule has 142 valence electrons. The van der Waals surface area contributed by atoms with E-state index in [1.165, 1.54) is 4.68 Å². The molecule has 3 rings (SSSR count). The Morgan fingerprint density at radius 3 is 2.11 bits per heavy atom. The fourth-order valence-electron chi connectivity index (χ4n) is 2.53. The van der Waals surface area contributed by atoms with E-state index >= 15 is 0 Å². The molecule has 27 heavy (non-hydrogen) atoms. The molecule has 1 heterocycles. The summed E-state index contributed by atoms with van der Waals surface area (Å²) in [5, 5.41) is 11.3. The van der Waals surface area contributed by atoms with Crippen molar-refractivity contribution in [1.29, 1.82) is 0 Å². The molecule has 2 aromatic carbocycles. The fourth-order valence-corrected chi connectivity index (χ4v) is 2.53. The van der Waals surface area contributed by atoms with Crippen LogP contribution in [0.4, 0.5) is 22.7 Å². The van der Waals surface area contributed by atoms with Gasteiger partial charge in [-0.2, -0.15) is 5.11 Å². The topological polar surface area (TPSA) is 88.5 Å². The first-order valence-electron chi connectivity index (χ1n) is 8.27. The number of quaternary nitrogens is 1. The van der Waals surface area contributed by atoms with Crippen LogP contribution in [0.3, 0.4) is 0 Å². The van der Waals surface area contributed by atoms with Crippen molar-refractivity contribution in [3.8, 4) is 5.69 Å². The Bertz CT molecular complexity index is 995. The van der Waals surface area contributed by atoms with Gasteiger partial charge in [-0.25, -0.2) is 4.68 Å². The van der Waals surface area contributed by atoms with Crippen molar-refractivity contribution in [2.75, 3.05) is 26.9 Å². The predicted molar refractivity (Wildman–Crippen MR) is 106 cm³/mol. The maximum absolute atomic E-state index is 12.7. The van der Waals surface area contributed by atoms with E-state index in [1.54, 1.807) is 31.2 Å². The van der Waals surface area contributed by atoms with Crippen LogP contribution in [0.2, 0.25) is 0 Å². The number of nitrogens with zero attached hydrogens (tertiary/aromatic N) is 4. The second-order valence-corrected chi connectivity index (χ2v) is 7.05. The van der Waals surface area contributed by atoms with Gasteiger partial charge in [0.2, 0.25) is 0 Å². The minimum atomic E-state index is -0.236. The largest absolute Gasteiger partial charge is 1.00 e. The van der Waals surface area contributed by atoms with E-state index < -0.39 is 0 Å². The molecule has 3 aromatic rings. The Balaban J connectivity index is 0.00000261. The van der Waals surface area contributed by atoms with Gasteiger partial charge in [-0.3, -0.25) is 14.4 Å². The molecule has 0 unspecified atom stereocenters. The monoisotopic (exact) mass is 386 g/mol. The average molecular weight is 387 g/mol. The predicted octanol–water partition coefficient (Wildman–Crippen LogP) is 0.672. The molecule has 8 heteroatoms. The van der Waals surface area contributed by atoms with Gasteiger partial charge in [-0.1, -0.05) is 0 Å². The van der Waals surface area contributed by atoms with E-state index in [9.17, 15) is 4.79 Å². The van der Waals surface area contributed by atoms with Crippen LogP contribution in [-0.4, -0.2) is 30.9 Å². The SMILES string of the molecule is Cc1[nH]n(-c2ccc([N+](C)(C)C)cc2)c(=O)c1N=Nc1ccc(N)cc1.[Cl-]. The zero-order chi connectivity index (χ0) is 18.9. The number of nitrogens with two attached hydrogens (primary N) is 1. The summed E-state index contributed by atoms with van der Waals surface area (Å²) in [4.78, 5) is 12.7. The Kier molecular flexibility index (Phi) is 5.88. The molecule has 0 saturated carbocycles. The lowest BCUT2D eigenvalue weighted by atomic mass is 10.2. The smallest absolute Gasteiger partial charge is 0.299 e. The molecule has 0 spiro atoms. The summed E-state index contributed by atoms with van der Waals surface area (Å²) in [6.07, 6.45) is 0. The highest BCUT2D eigenvalue weighted by Gasteiger charge is 2.15. The zero-order valence-electron chi connectivity index (χ0n) is 15.8. The molecule has 0 aliphatic carbocycles. The molecule has 0 saturated heterocycles. The van der Waals surface area contributed by atoms with Crippen LogP contribution >= 0.6 is 0 Å². The zero-order valence-corrected chi connectivity index (χ0v) is 16.5. The summed E-state index contributed by atoms with van der Waals surface area (Å²) in [6.45, 7) is 1.80. The normalized spacial score (nSPS) is 11.6. The molecule has 0 aliphatic rings. The summed E-state index contributed by atoms with van der Waals surface area (Å²) in [6, 6.07) is 14.8. The second-order valence-electron chi connectivity index (χ2n) is 7.05. The van der Waals surface area contributed by atoms with Gasteiger partial charge in [0, 0.05) is 17.8 Å². The lowest BCUT2D eigenvalue weighted by Crippen LogP contribution is -3.00. The first-order valence-corrected chi connectivity index (χ1v) is 8.27. The number of hydrogen-bond donors (Lipinski definition) is 2. The van der Waals surface area contributed by atoms with Gasteiger partial charge in [-0.15, -0.1) is 5.11 Å². The van der Waals surface area contributed by atoms with Crippen molar-refractivity contribution >= 4 is 22.7 Å². The minimum absolute atomic E-state index is 0. The molecule has 0 atom stereocenters. The van der Waals surface area contributed by atoms with Crippen LogP contribution in [0, 0.1) is 6.92 Å². The number of azo groups is 1. The highest BCUT2D eigenvalue weighted by atomic mass is 35.5. The number of nitrogens with one attached hydrogen (secondary N) is 1. The molecule has 7 nitrogen and oxygen atoms in total. The number of halogens is 1. The molecule has 0 amide bonds. The van der Waals surface area contributed by atoms with Gasteiger partial charge in [0.05, 0.1) is 38.2 Å². The quantitative estimate of drug-likeness (QED) is 0.392. The van der Waals surface area contributed by atoms with E-state index in [2.05, 4.69) is 36.5 Å². The van der Waals surface area contributed by atoms with Gasteiger partial charge in [-0.05, 0) is 43.3 Å². The first-order chi connectivity index (χ1) is 12.3. The highest BCUT2D eigenvalue weighted by molar-refractivity contribution is 5.50. The van der Waals surface area contributed by atoms with Gasteiger partial charge in [0.25, 0.3) is 5.56 Å². The maximum atomic E-state index is 12.7. The first kappa shape index (κ1) is 20.4. The van der Waals surface area contributed by atoms with Crippen LogP contribution in [0.15, 0.2) is 63.6 Å². The number of aromatic amines is 1. The van der Waals surface area contributed by atoms with Crippen molar-refractivity contribution in [3.05, 3.63) is 64.6 Å². The molecular formula is C19H23ClN6O. The summed E-state index contributed by atoms with van der Waals surface area (Å²) in [7, 11) is 6.28. The Morgan fingerprint density at radius 2 is 1.56 bits per heavy atom. The van der Waals surface area contributed by atoms with Crippen molar-refractivity contribution < 1.29 is 12.4 Å². The number of rotatable bonds is 4. The van der Waals surface area contributed by atoms with E-state index in [0.717, 1.165) is 11.4 Å². The second kappa shape index (κ2) is 7.77. The van der Waals surface area contributed by atoms with Crippen molar-refractivity contribution in [3.63, 3.8) is 0 Å². The van der Waals surface area contributed by atoms with Crippen LogP contribution in [-0.2, 0) is 0 Å². The summed E-state index contributed by atoms with van der Waals surface area (Å²) >= 11 is 0. The number of nitrogen functional groups attached to an aromatic ring is 1. The molecule has 1 aromatic heterocycles. The van der Waals surface area contributed by atoms with Crippen LogP contribution in [0.1, 0.15) is 5.69 Å². The summed E-state index contributed by atoms with van der Waals surface area (Å²) in [5.74, 6) is 0. The van der Waals surface area contributed by atoms with E-state index in [0.29, 0.717) is 21.6 Å². The lowest BCUT2D eigenvalue weighted by Gasteiger charge is -2.23. The number of H-pyrrole nitrogens is 1. The van der Waals surface area contributed by atoms with E-state index in [4.69, 9.17) is 5.73 Å². The van der Waals surface area contributed by atoms with E-state index in [-0.39, 0.29) is 23.7 Å². The molecule has 0 fully saturated rings. The standard InChI is InChI=1S/C19H22N6O.ClH/c1-13-18(22-21-15-7-5-14(20)6-8-15)19(26)24(23-13)16-9-11-17(12-10-16)25(2,3)4;/h5-12H,1-4H3,(H2-,20,21,22,23,26);1H. The third-order valence-corrected chi connectivity index (χ3v) is 4.08. The lowest BCUT2D eigenvalue weighted by molar-refractivity contribution is -0.00000581. The minimum Gasteiger partial charge on any atom is -1.00 e. The van der Waals surface area contributed by atoms with Crippen LogP contribution in [0.25, 0.3) is 5.69 Å². The average Bonchev–Trinajstić information content (AvgIpc) is 2.88. The Labute approximate surface area is 164 Å². The number of benzene rings is 2. The Morgan fingerprint density at radius 1 is 0.963 bits per heavy atom. The van der Waals surface area contributed by atoms with Crippen LogP contribution < -0.4 is 28.2 Å². The molecular weight excluding hydrogens is 364 g/mol. The summed E-state index contributed by atoms with van der Waals surface area (Å²) in [5.41, 5.74) is 9.56. The number of aromatic nitrogens is 2. The molecule has 3 N–H and O–H groups in total. The fraction of sp³-hybridized carbons (Fsp3) is 0.211. The van der Waals surface area contributed by atoms with Crippen LogP contribution in [0.5, 0.6) is 0 Å². The molecule has 0 aliphatic heterocycles. The third kappa shape index (κ3) is 4.45. The number of hydrogen-bond acceptors (Lipinski definition) is 4. The number of anilines is 1. The van der Waals surface area contributed by atoms with E-state index in [1.807, 2.05) is 24.3 Å². The third-order valence-electron chi connectivity index (χ3n) is 4.08. The maximum Gasteiger partial charge on any atom is 0.299 e. The van der Waals surface area contributed by atoms with Crippen molar-refractivity contribution in [2.24, 2.45) is 10.2 Å². The molecule has 0 radical (unpaired) electrons. The van der Waals surface area contributed by atoms with Gasteiger partial charge in [0.1, 0.15) is 5.69 Å².